The quantitative estimate of drug-likeness (QED) is 0.837. The number of nitrogens with zero attached hydrogens (tertiary/aromatic N) is 3. The van der Waals surface area contributed by atoms with Crippen molar-refractivity contribution in [3.05, 3.63) is 24.5 Å². The van der Waals surface area contributed by atoms with E-state index in [-0.39, 0.29) is 0 Å². The minimum atomic E-state index is 0.343. The van der Waals surface area contributed by atoms with E-state index in [0.29, 0.717) is 12.3 Å². The van der Waals surface area contributed by atoms with Crippen LogP contribution in [0.4, 0.5) is 0 Å². The van der Waals surface area contributed by atoms with Crippen LogP contribution < -0.4 is 0 Å². The van der Waals surface area contributed by atoms with Gasteiger partial charge in [-0.2, -0.15) is 0 Å². The Morgan fingerprint density at radius 1 is 0.955 bits per heavy atom. The summed E-state index contributed by atoms with van der Waals surface area (Å²) in [4.78, 5) is 17.0. The zero-order valence-electron chi connectivity index (χ0n) is 13.6. The van der Waals surface area contributed by atoms with Crippen molar-refractivity contribution < 1.29 is 4.79 Å². The Balaban J connectivity index is 1.36. The molecule has 2 aliphatic rings. The fourth-order valence-electron chi connectivity index (χ4n) is 3.87. The van der Waals surface area contributed by atoms with Gasteiger partial charge in [0, 0.05) is 57.6 Å². The Hall–Kier alpha value is -1.29. The average Bonchev–Trinajstić information content (AvgIpc) is 3.09. The summed E-state index contributed by atoms with van der Waals surface area (Å²) in [7, 11) is 0. The van der Waals surface area contributed by atoms with Gasteiger partial charge in [-0.15, -0.1) is 0 Å². The Morgan fingerprint density at radius 2 is 1.64 bits per heavy atom. The van der Waals surface area contributed by atoms with Crippen molar-refractivity contribution in [3.63, 3.8) is 0 Å². The molecule has 4 heteroatoms. The zero-order chi connectivity index (χ0) is 15.2. The largest absolute Gasteiger partial charge is 0.354 e. The third-order valence-electron chi connectivity index (χ3n) is 5.23. The number of piperazine rings is 1. The second-order valence-corrected chi connectivity index (χ2v) is 6.73. The molecule has 22 heavy (non-hydrogen) atoms. The lowest BCUT2D eigenvalue weighted by Gasteiger charge is -2.40. The van der Waals surface area contributed by atoms with Crippen LogP contribution >= 0.6 is 0 Å². The molecule has 0 N–H and O–H groups in total. The molecular weight excluding hydrogens is 274 g/mol. The van der Waals surface area contributed by atoms with Crippen LogP contribution in [0.1, 0.15) is 44.9 Å². The summed E-state index contributed by atoms with van der Waals surface area (Å²) in [6.07, 6.45) is 12.7. The van der Waals surface area contributed by atoms with Crippen LogP contribution in [0.25, 0.3) is 0 Å². The number of hydrogen-bond donors (Lipinski definition) is 0. The smallest absolute Gasteiger partial charge is 0.222 e. The number of carbonyl (C=O) groups is 1. The van der Waals surface area contributed by atoms with Crippen LogP contribution in [0.15, 0.2) is 24.5 Å². The highest BCUT2D eigenvalue weighted by molar-refractivity contribution is 5.76. The summed E-state index contributed by atoms with van der Waals surface area (Å²) < 4.78 is 2.15. The van der Waals surface area contributed by atoms with E-state index in [9.17, 15) is 4.79 Å². The van der Waals surface area contributed by atoms with Gasteiger partial charge in [0.15, 0.2) is 0 Å². The van der Waals surface area contributed by atoms with Gasteiger partial charge >= 0.3 is 0 Å². The standard InChI is InChI=1S/C18H29N3O/c22-18(9-6-12-19-10-4-5-11-19)21-15-13-20(14-16-21)17-7-2-1-3-8-17/h4-5,10-11,17H,1-3,6-9,12-16H2. The first-order valence-electron chi connectivity index (χ1n) is 8.95. The number of amides is 1. The first-order chi connectivity index (χ1) is 10.8. The van der Waals surface area contributed by atoms with Crippen molar-refractivity contribution in [1.29, 1.82) is 0 Å². The second kappa shape index (κ2) is 7.82. The summed E-state index contributed by atoms with van der Waals surface area (Å²) in [5.41, 5.74) is 0. The molecule has 3 rings (SSSR count). The lowest BCUT2D eigenvalue weighted by atomic mass is 9.94. The Bertz CT molecular complexity index is 443. The fraction of sp³-hybridized carbons (Fsp3) is 0.722. The summed E-state index contributed by atoms with van der Waals surface area (Å²) in [6, 6.07) is 4.86. The topological polar surface area (TPSA) is 28.5 Å². The predicted molar refractivity (Wildman–Crippen MR) is 88.7 cm³/mol. The summed E-state index contributed by atoms with van der Waals surface area (Å²) in [5.74, 6) is 0.343. The van der Waals surface area contributed by atoms with E-state index in [1.165, 1.54) is 32.1 Å². The van der Waals surface area contributed by atoms with Crippen molar-refractivity contribution in [2.75, 3.05) is 26.2 Å². The Morgan fingerprint density at radius 3 is 2.32 bits per heavy atom. The van der Waals surface area contributed by atoms with Gasteiger partial charge < -0.3 is 9.47 Å². The van der Waals surface area contributed by atoms with Crippen LogP contribution in [0.3, 0.4) is 0 Å². The summed E-state index contributed by atoms with van der Waals surface area (Å²) in [5, 5.41) is 0. The average molecular weight is 303 g/mol. The van der Waals surface area contributed by atoms with Crippen LogP contribution in [-0.4, -0.2) is 52.5 Å². The highest BCUT2D eigenvalue weighted by atomic mass is 16.2. The third kappa shape index (κ3) is 4.13. The molecule has 1 aromatic rings. The molecule has 0 radical (unpaired) electrons. The van der Waals surface area contributed by atoms with Crippen LogP contribution in [-0.2, 0) is 11.3 Å². The van der Waals surface area contributed by atoms with Crippen molar-refractivity contribution in [2.24, 2.45) is 0 Å². The molecule has 1 amide bonds. The normalized spacial score (nSPS) is 21.2. The van der Waals surface area contributed by atoms with Gasteiger partial charge in [0.2, 0.25) is 5.91 Å². The molecule has 122 valence electrons. The molecule has 1 saturated heterocycles. The first kappa shape index (κ1) is 15.6. The SMILES string of the molecule is O=C(CCCn1cccc1)N1CCN(C2CCCCC2)CC1. The fourth-order valence-corrected chi connectivity index (χ4v) is 3.87. The molecule has 0 aromatic carbocycles. The maximum absolute atomic E-state index is 12.3. The molecule has 2 fully saturated rings. The third-order valence-corrected chi connectivity index (χ3v) is 5.23. The van der Waals surface area contributed by atoms with Gasteiger partial charge in [-0.05, 0) is 31.4 Å². The van der Waals surface area contributed by atoms with Gasteiger partial charge in [-0.25, -0.2) is 0 Å². The predicted octanol–water partition coefficient (Wildman–Crippen LogP) is 2.75. The molecule has 1 aromatic heterocycles. The van der Waals surface area contributed by atoms with Crippen LogP contribution in [0.2, 0.25) is 0 Å². The van der Waals surface area contributed by atoms with E-state index in [4.69, 9.17) is 0 Å². The molecule has 0 bridgehead atoms. The van der Waals surface area contributed by atoms with E-state index >= 15 is 0 Å². The van der Waals surface area contributed by atoms with Gasteiger partial charge in [0.1, 0.15) is 0 Å². The number of aromatic nitrogens is 1. The molecule has 2 heterocycles. The van der Waals surface area contributed by atoms with Gasteiger partial charge in [0.25, 0.3) is 0 Å². The van der Waals surface area contributed by atoms with Gasteiger partial charge in [-0.1, -0.05) is 19.3 Å². The van der Waals surface area contributed by atoms with Crippen LogP contribution in [0.5, 0.6) is 0 Å². The number of carbonyl (C=O) groups excluding carboxylic acids is 1. The molecule has 0 unspecified atom stereocenters. The molecule has 1 aliphatic heterocycles. The first-order valence-corrected chi connectivity index (χ1v) is 8.95. The molecule has 1 aliphatic carbocycles. The zero-order valence-corrected chi connectivity index (χ0v) is 13.6. The van der Waals surface area contributed by atoms with Crippen LogP contribution in [0, 0.1) is 0 Å². The molecule has 0 spiro atoms. The summed E-state index contributed by atoms with van der Waals surface area (Å²) >= 11 is 0. The monoisotopic (exact) mass is 303 g/mol. The lowest BCUT2D eigenvalue weighted by Crippen LogP contribution is -2.52. The summed E-state index contributed by atoms with van der Waals surface area (Å²) in [6.45, 7) is 4.96. The van der Waals surface area contributed by atoms with Crippen molar-refractivity contribution in [3.8, 4) is 0 Å². The van der Waals surface area contributed by atoms with Gasteiger partial charge in [-0.3, -0.25) is 9.69 Å². The Kier molecular flexibility index (Phi) is 5.54. The molecule has 0 atom stereocenters. The van der Waals surface area contributed by atoms with Crippen molar-refractivity contribution in [1.82, 2.24) is 14.4 Å². The molecular formula is C18H29N3O. The highest BCUT2D eigenvalue weighted by Crippen LogP contribution is 2.23. The maximum Gasteiger partial charge on any atom is 0.222 e. The van der Waals surface area contributed by atoms with Crippen molar-refractivity contribution in [2.45, 2.75) is 57.5 Å². The minimum absolute atomic E-state index is 0.343. The van der Waals surface area contributed by atoms with E-state index in [1.807, 2.05) is 12.1 Å². The van der Waals surface area contributed by atoms with E-state index in [0.717, 1.165) is 45.2 Å². The van der Waals surface area contributed by atoms with E-state index in [2.05, 4.69) is 26.8 Å². The molecule has 4 nitrogen and oxygen atoms in total. The Labute approximate surface area is 134 Å². The minimum Gasteiger partial charge on any atom is -0.354 e. The molecule has 1 saturated carbocycles. The maximum atomic E-state index is 12.3. The van der Waals surface area contributed by atoms with E-state index < -0.39 is 0 Å². The van der Waals surface area contributed by atoms with E-state index in [1.54, 1.807) is 0 Å². The number of aryl methyl sites for hydroxylation is 1. The van der Waals surface area contributed by atoms with Crippen molar-refractivity contribution >= 4 is 5.91 Å². The lowest BCUT2D eigenvalue weighted by molar-refractivity contribution is -0.133. The number of rotatable bonds is 5. The van der Waals surface area contributed by atoms with Gasteiger partial charge in [0.05, 0.1) is 0 Å². The highest BCUT2D eigenvalue weighted by Gasteiger charge is 2.26. The number of hydrogen-bond acceptors (Lipinski definition) is 2. The second-order valence-electron chi connectivity index (χ2n) is 6.73.